The van der Waals surface area contributed by atoms with E-state index in [-0.39, 0.29) is 12.5 Å². The van der Waals surface area contributed by atoms with Crippen LogP contribution in [0.15, 0.2) is 42.5 Å². The van der Waals surface area contributed by atoms with Crippen molar-refractivity contribution in [2.24, 2.45) is 5.73 Å². The standard InChI is InChI=1S/C21H27N5O/c1-23-13-15-4-5-16-11-17-6-7-18(25(2)3)12-20(17)26(19(16)10-15)14-21(27)24-9-8-22/h4-7,10-12,23H,8-9,13-14,22H2,1-3H3/p+1. The Balaban J connectivity index is 2.21. The van der Waals surface area contributed by atoms with E-state index in [1.54, 1.807) is 0 Å². The van der Waals surface area contributed by atoms with E-state index < -0.39 is 0 Å². The lowest BCUT2D eigenvalue weighted by atomic mass is 10.1. The zero-order chi connectivity index (χ0) is 19.4. The first-order valence-electron chi connectivity index (χ1n) is 9.21. The van der Waals surface area contributed by atoms with E-state index in [1.165, 1.54) is 5.56 Å². The van der Waals surface area contributed by atoms with Crippen LogP contribution in [0.4, 0.5) is 5.69 Å². The average Bonchev–Trinajstić information content (AvgIpc) is 2.66. The zero-order valence-corrected chi connectivity index (χ0v) is 16.2. The Morgan fingerprint density at radius 1 is 1.07 bits per heavy atom. The second-order valence-electron chi connectivity index (χ2n) is 6.93. The van der Waals surface area contributed by atoms with Gasteiger partial charge in [0, 0.05) is 62.3 Å². The van der Waals surface area contributed by atoms with Crippen LogP contribution < -0.4 is 25.8 Å². The topological polar surface area (TPSA) is 74.3 Å². The minimum Gasteiger partial charge on any atom is -0.377 e. The summed E-state index contributed by atoms with van der Waals surface area (Å²) in [5, 5.41) is 8.30. The fourth-order valence-corrected chi connectivity index (χ4v) is 3.30. The van der Waals surface area contributed by atoms with Gasteiger partial charge in [-0.05, 0) is 36.9 Å². The predicted molar refractivity (Wildman–Crippen MR) is 111 cm³/mol. The van der Waals surface area contributed by atoms with Gasteiger partial charge in [0.25, 0.3) is 5.91 Å². The SMILES string of the molecule is CNCc1ccc2cc3ccc(N(C)C)cc3[n+](CC(=O)NCCN)c2c1. The monoisotopic (exact) mass is 366 g/mol. The number of aromatic nitrogens is 1. The molecule has 0 aliphatic heterocycles. The van der Waals surface area contributed by atoms with E-state index in [9.17, 15) is 4.79 Å². The number of hydrogen-bond donors (Lipinski definition) is 3. The largest absolute Gasteiger partial charge is 0.377 e. The lowest BCUT2D eigenvalue weighted by Crippen LogP contribution is -2.45. The molecule has 27 heavy (non-hydrogen) atoms. The highest BCUT2D eigenvalue weighted by atomic mass is 16.1. The van der Waals surface area contributed by atoms with E-state index in [0.717, 1.165) is 34.0 Å². The molecule has 0 fully saturated rings. The van der Waals surface area contributed by atoms with Gasteiger partial charge in [0.15, 0.2) is 0 Å². The molecule has 6 heteroatoms. The van der Waals surface area contributed by atoms with Crippen molar-refractivity contribution >= 4 is 33.4 Å². The molecule has 0 aliphatic carbocycles. The lowest BCUT2D eigenvalue weighted by molar-refractivity contribution is -0.632. The Bertz CT molecular complexity index is 968. The Morgan fingerprint density at radius 2 is 1.78 bits per heavy atom. The lowest BCUT2D eigenvalue weighted by Gasteiger charge is -2.13. The average molecular weight is 366 g/mol. The molecule has 0 radical (unpaired) electrons. The molecule has 6 nitrogen and oxygen atoms in total. The van der Waals surface area contributed by atoms with E-state index in [4.69, 9.17) is 5.73 Å². The number of carbonyl (C=O) groups is 1. The molecule has 1 aromatic heterocycles. The number of rotatable bonds is 7. The number of nitrogens with one attached hydrogen (secondary N) is 2. The van der Waals surface area contributed by atoms with Gasteiger partial charge in [0.2, 0.25) is 17.6 Å². The third-order valence-electron chi connectivity index (χ3n) is 4.67. The van der Waals surface area contributed by atoms with Crippen molar-refractivity contribution in [3.05, 3.63) is 48.0 Å². The quantitative estimate of drug-likeness (QED) is 0.433. The van der Waals surface area contributed by atoms with Crippen LogP contribution in [0.3, 0.4) is 0 Å². The second-order valence-corrected chi connectivity index (χ2v) is 6.93. The molecule has 0 saturated carbocycles. The third kappa shape index (κ3) is 4.18. The number of carbonyl (C=O) groups excluding carboxylic acids is 1. The molecular weight excluding hydrogens is 338 g/mol. The first-order valence-corrected chi connectivity index (χ1v) is 9.21. The Kier molecular flexibility index (Phi) is 5.88. The molecule has 3 rings (SSSR count). The molecule has 0 saturated heterocycles. The highest BCUT2D eigenvalue weighted by Gasteiger charge is 2.20. The van der Waals surface area contributed by atoms with Crippen LogP contribution >= 0.6 is 0 Å². The summed E-state index contributed by atoms with van der Waals surface area (Å²) >= 11 is 0. The number of anilines is 1. The predicted octanol–water partition coefficient (Wildman–Crippen LogP) is 1.14. The van der Waals surface area contributed by atoms with Crippen LogP contribution in [0.25, 0.3) is 21.8 Å². The summed E-state index contributed by atoms with van der Waals surface area (Å²) in [6.07, 6.45) is 0. The number of nitrogens with two attached hydrogens (primary N) is 1. The Labute approximate surface area is 160 Å². The maximum atomic E-state index is 12.5. The fourth-order valence-electron chi connectivity index (χ4n) is 3.30. The number of nitrogens with zero attached hydrogens (tertiary/aromatic N) is 2. The van der Waals surface area contributed by atoms with Gasteiger partial charge in [-0.1, -0.05) is 6.07 Å². The summed E-state index contributed by atoms with van der Waals surface area (Å²) in [4.78, 5) is 14.5. The van der Waals surface area contributed by atoms with Gasteiger partial charge in [0.1, 0.15) is 0 Å². The molecule has 2 aromatic carbocycles. The molecule has 1 heterocycles. The maximum Gasteiger partial charge on any atom is 0.286 e. The van der Waals surface area contributed by atoms with Gasteiger partial charge in [-0.25, -0.2) is 0 Å². The third-order valence-corrected chi connectivity index (χ3v) is 4.67. The van der Waals surface area contributed by atoms with Crippen LogP contribution in [-0.4, -0.2) is 40.1 Å². The van der Waals surface area contributed by atoms with Crippen molar-refractivity contribution in [3.63, 3.8) is 0 Å². The molecule has 3 aromatic rings. The number of pyridine rings is 1. The van der Waals surface area contributed by atoms with E-state index in [2.05, 4.69) is 62.6 Å². The molecular formula is C21H28N5O+. The van der Waals surface area contributed by atoms with Crippen LogP contribution in [-0.2, 0) is 17.9 Å². The Morgan fingerprint density at radius 3 is 2.44 bits per heavy atom. The highest BCUT2D eigenvalue weighted by Crippen LogP contribution is 2.23. The van der Waals surface area contributed by atoms with Gasteiger partial charge in [-0.3, -0.25) is 4.79 Å². The summed E-state index contributed by atoms with van der Waals surface area (Å²) in [7, 11) is 5.97. The number of hydrogen-bond acceptors (Lipinski definition) is 4. The van der Waals surface area contributed by atoms with Gasteiger partial charge in [-0.15, -0.1) is 0 Å². The van der Waals surface area contributed by atoms with Crippen molar-refractivity contribution in [2.75, 3.05) is 39.1 Å². The minimum absolute atomic E-state index is 0.0338. The van der Waals surface area contributed by atoms with Crippen molar-refractivity contribution in [1.82, 2.24) is 10.6 Å². The number of fused-ring (bicyclic) bond motifs is 2. The summed E-state index contributed by atoms with van der Waals surface area (Å²) < 4.78 is 2.10. The van der Waals surface area contributed by atoms with E-state index >= 15 is 0 Å². The number of benzene rings is 2. The van der Waals surface area contributed by atoms with Crippen molar-refractivity contribution in [3.8, 4) is 0 Å². The summed E-state index contributed by atoms with van der Waals surface area (Å²) in [5.41, 5.74) is 9.90. The van der Waals surface area contributed by atoms with Gasteiger partial charge in [-0.2, -0.15) is 4.57 Å². The number of amides is 1. The second kappa shape index (κ2) is 8.33. The van der Waals surface area contributed by atoms with Crippen molar-refractivity contribution in [1.29, 1.82) is 0 Å². The maximum absolute atomic E-state index is 12.5. The highest BCUT2D eigenvalue weighted by molar-refractivity contribution is 5.91. The first-order chi connectivity index (χ1) is 13.0. The van der Waals surface area contributed by atoms with Crippen LogP contribution in [0.2, 0.25) is 0 Å². The van der Waals surface area contributed by atoms with Crippen LogP contribution in [0.1, 0.15) is 5.56 Å². The smallest absolute Gasteiger partial charge is 0.286 e. The van der Waals surface area contributed by atoms with Gasteiger partial charge < -0.3 is 21.3 Å². The van der Waals surface area contributed by atoms with Gasteiger partial charge >= 0.3 is 0 Å². The minimum atomic E-state index is -0.0338. The molecule has 142 valence electrons. The molecule has 0 spiro atoms. The molecule has 0 unspecified atom stereocenters. The van der Waals surface area contributed by atoms with Gasteiger partial charge in [0.05, 0.1) is 0 Å². The van der Waals surface area contributed by atoms with E-state index in [1.807, 2.05) is 21.1 Å². The molecule has 0 bridgehead atoms. The Hall–Kier alpha value is -2.70. The normalized spacial score (nSPS) is 11.1. The van der Waals surface area contributed by atoms with Crippen molar-refractivity contribution < 1.29 is 9.36 Å². The van der Waals surface area contributed by atoms with Crippen molar-refractivity contribution in [2.45, 2.75) is 13.1 Å². The van der Waals surface area contributed by atoms with E-state index in [0.29, 0.717) is 13.1 Å². The molecule has 1 amide bonds. The first kappa shape index (κ1) is 19.1. The summed E-state index contributed by atoms with van der Waals surface area (Å²) in [6, 6.07) is 14.9. The summed E-state index contributed by atoms with van der Waals surface area (Å²) in [6.45, 7) is 1.96. The zero-order valence-electron chi connectivity index (χ0n) is 16.2. The summed E-state index contributed by atoms with van der Waals surface area (Å²) in [5.74, 6) is -0.0338. The van der Waals surface area contributed by atoms with Crippen LogP contribution in [0.5, 0.6) is 0 Å². The van der Waals surface area contributed by atoms with Crippen LogP contribution in [0, 0.1) is 0 Å². The molecule has 0 atom stereocenters. The molecule has 0 aliphatic rings. The molecule has 4 N–H and O–H groups in total. The fraction of sp³-hybridized carbons (Fsp3) is 0.333.